The van der Waals surface area contributed by atoms with Gasteiger partial charge in [0.1, 0.15) is 11.6 Å². The van der Waals surface area contributed by atoms with Gasteiger partial charge < -0.3 is 10.2 Å². The van der Waals surface area contributed by atoms with E-state index >= 15 is 0 Å². The molecule has 0 spiro atoms. The Kier molecular flexibility index (Phi) is 7.20. The molecule has 4 heteroatoms. The molecule has 0 unspecified atom stereocenters. The standard InChI is InChI=1S/C13H19N3O/c1-5-7-16(8-6-2)13(17)12(9-14)10-15-11(3)4/h5-6,10-11,15H,1-2,7-8H2,3-4H3/b12-10-. The second-order valence-electron chi connectivity index (χ2n) is 3.78. The van der Waals surface area contributed by atoms with Gasteiger partial charge in [-0.15, -0.1) is 13.2 Å². The van der Waals surface area contributed by atoms with Gasteiger partial charge >= 0.3 is 0 Å². The molecule has 0 rings (SSSR count). The fraction of sp³-hybridized carbons (Fsp3) is 0.385. The lowest BCUT2D eigenvalue weighted by Crippen LogP contribution is -2.33. The summed E-state index contributed by atoms with van der Waals surface area (Å²) in [7, 11) is 0. The zero-order valence-electron chi connectivity index (χ0n) is 10.4. The Labute approximate surface area is 103 Å². The number of carbonyl (C=O) groups is 1. The molecule has 0 saturated heterocycles. The molecule has 0 aromatic rings. The van der Waals surface area contributed by atoms with Crippen LogP contribution in [0.4, 0.5) is 0 Å². The van der Waals surface area contributed by atoms with Crippen LogP contribution in [0, 0.1) is 11.3 Å². The number of nitrogens with zero attached hydrogens (tertiary/aromatic N) is 2. The van der Waals surface area contributed by atoms with Gasteiger partial charge in [0.2, 0.25) is 0 Å². The minimum Gasteiger partial charge on any atom is -0.387 e. The van der Waals surface area contributed by atoms with Crippen molar-refractivity contribution < 1.29 is 4.79 Å². The minimum atomic E-state index is -0.319. The summed E-state index contributed by atoms with van der Waals surface area (Å²) in [6, 6.07) is 2.07. The van der Waals surface area contributed by atoms with Gasteiger partial charge in [0.15, 0.2) is 0 Å². The van der Waals surface area contributed by atoms with E-state index in [-0.39, 0.29) is 17.5 Å². The van der Waals surface area contributed by atoms with Crippen LogP contribution in [0.1, 0.15) is 13.8 Å². The van der Waals surface area contributed by atoms with E-state index in [1.165, 1.54) is 11.1 Å². The number of nitriles is 1. The summed E-state index contributed by atoms with van der Waals surface area (Å²) in [4.78, 5) is 13.5. The van der Waals surface area contributed by atoms with Crippen LogP contribution in [0.5, 0.6) is 0 Å². The Morgan fingerprint density at radius 1 is 1.41 bits per heavy atom. The summed E-state index contributed by atoms with van der Waals surface area (Å²) in [5.41, 5.74) is 0.0856. The maximum atomic E-state index is 12.0. The molecule has 0 saturated carbocycles. The van der Waals surface area contributed by atoms with E-state index in [1.54, 1.807) is 12.2 Å². The largest absolute Gasteiger partial charge is 0.387 e. The summed E-state index contributed by atoms with van der Waals surface area (Å²) >= 11 is 0. The number of amides is 1. The summed E-state index contributed by atoms with van der Waals surface area (Å²) < 4.78 is 0. The minimum absolute atomic E-state index is 0.0856. The van der Waals surface area contributed by atoms with Crippen molar-refractivity contribution in [3.63, 3.8) is 0 Å². The van der Waals surface area contributed by atoms with Gasteiger partial charge in [-0.05, 0) is 13.8 Å². The molecule has 0 aromatic heterocycles. The predicted octanol–water partition coefficient (Wildman–Crippen LogP) is 1.59. The number of nitrogens with one attached hydrogen (secondary N) is 1. The third kappa shape index (κ3) is 5.57. The molecule has 0 atom stereocenters. The first-order valence-corrected chi connectivity index (χ1v) is 5.44. The van der Waals surface area contributed by atoms with E-state index in [9.17, 15) is 4.79 Å². The van der Waals surface area contributed by atoms with Gasteiger partial charge in [-0.3, -0.25) is 4.79 Å². The van der Waals surface area contributed by atoms with Gasteiger partial charge in [0.25, 0.3) is 5.91 Å². The first kappa shape index (κ1) is 15.0. The summed E-state index contributed by atoms with van der Waals surface area (Å²) in [6.07, 6.45) is 4.69. The topological polar surface area (TPSA) is 56.1 Å². The van der Waals surface area contributed by atoms with Crippen LogP contribution >= 0.6 is 0 Å². The highest BCUT2D eigenvalue weighted by molar-refractivity contribution is 5.97. The lowest BCUT2D eigenvalue weighted by molar-refractivity contribution is -0.125. The maximum absolute atomic E-state index is 12.0. The van der Waals surface area contributed by atoms with Crippen LogP contribution in [0.2, 0.25) is 0 Å². The Balaban J connectivity index is 4.81. The molecule has 0 radical (unpaired) electrons. The fourth-order valence-electron chi connectivity index (χ4n) is 1.11. The van der Waals surface area contributed by atoms with Crippen LogP contribution in [-0.4, -0.2) is 29.9 Å². The van der Waals surface area contributed by atoms with E-state index in [2.05, 4.69) is 18.5 Å². The van der Waals surface area contributed by atoms with Crippen molar-refractivity contribution >= 4 is 5.91 Å². The average Bonchev–Trinajstić information content (AvgIpc) is 2.29. The predicted molar refractivity (Wildman–Crippen MR) is 68.9 cm³/mol. The first-order chi connectivity index (χ1) is 8.06. The highest BCUT2D eigenvalue weighted by Crippen LogP contribution is 2.01. The Morgan fingerprint density at radius 2 is 1.94 bits per heavy atom. The molecule has 92 valence electrons. The zero-order valence-corrected chi connectivity index (χ0v) is 10.4. The van der Waals surface area contributed by atoms with Crippen LogP contribution in [-0.2, 0) is 4.79 Å². The Bertz CT molecular complexity index is 340. The third-order valence-corrected chi connectivity index (χ3v) is 1.90. The van der Waals surface area contributed by atoms with Crippen LogP contribution in [0.25, 0.3) is 0 Å². The Morgan fingerprint density at radius 3 is 2.29 bits per heavy atom. The van der Waals surface area contributed by atoms with Gasteiger partial charge in [0, 0.05) is 25.3 Å². The van der Waals surface area contributed by atoms with Gasteiger partial charge in [-0.25, -0.2) is 0 Å². The lowest BCUT2D eigenvalue weighted by Gasteiger charge is -2.18. The number of hydrogen-bond donors (Lipinski definition) is 1. The van der Waals surface area contributed by atoms with Gasteiger partial charge in [-0.2, -0.15) is 5.26 Å². The molecular weight excluding hydrogens is 214 g/mol. The van der Waals surface area contributed by atoms with E-state index in [4.69, 9.17) is 5.26 Å². The van der Waals surface area contributed by atoms with Crippen molar-refractivity contribution in [1.82, 2.24) is 10.2 Å². The molecule has 0 heterocycles. The summed E-state index contributed by atoms with van der Waals surface area (Å²) in [6.45, 7) is 11.8. The maximum Gasteiger partial charge on any atom is 0.266 e. The molecule has 17 heavy (non-hydrogen) atoms. The monoisotopic (exact) mass is 233 g/mol. The fourth-order valence-corrected chi connectivity index (χ4v) is 1.11. The van der Waals surface area contributed by atoms with Crippen molar-refractivity contribution in [2.75, 3.05) is 13.1 Å². The van der Waals surface area contributed by atoms with Crippen molar-refractivity contribution in [1.29, 1.82) is 5.26 Å². The second-order valence-corrected chi connectivity index (χ2v) is 3.78. The van der Waals surface area contributed by atoms with Crippen LogP contribution in [0.15, 0.2) is 37.1 Å². The third-order valence-electron chi connectivity index (χ3n) is 1.90. The lowest BCUT2D eigenvalue weighted by atomic mass is 10.2. The first-order valence-electron chi connectivity index (χ1n) is 5.44. The molecule has 4 nitrogen and oxygen atoms in total. The van der Waals surface area contributed by atoms with Crippen LogP contribution < -0.4 is 5.32 Å². The van der Waals surface area contributed by atoms with E-state index < -0.39 is 0 Å². The molecule has 0 aliphatic heterocycles. The molecule has 0 bridgehead atoms. The van der Waals surface area contributed by atoms with Crippen molar-refractivity contribution in [3.8, 4) is 6.07 Å². The average molecular weight is 233 g/mol. The number of hydrogen-bond acceptors (Lipinski definition) is 3. The molecule has 0 fully saturated rings. The summed E-state index contributed by atoms with van der Waals surface area (Å²) in [5.74, 6) is -0.319. The molecule has 0 aromatic carbocycles. The molecule has 1 amide bonds. The Hall–Kier alpha value is -2.02. The van der Waals surface area contributed by atoms with Gasteiger partial charge in [0.05, 0.1) is 0 Å². The normalized spacial score (nSPS) is 10.6. The van der Waals surface area contributed by atoms with Gasteiger partial charge in [-0.1, -0.05) is 12.2 Å². The highest BCUT2D eigenvalue weighted by atomic mass is 16.2. The number of carbonyl (C=O) groups excluding carboxylic acids is 1. The molecular formula is C13H19N3O. The van der Waals surface area contributed by atoms with E-state index in [0.717, 1.165) is 0 Å². The smallest absolute Gasteiger partial charge is 0.266 e. The quantitative estimate of drug-likeness (QED) is 0.413. The van der Waals surface area contributed by atoms with Crippen molar-refractivity contribution in [2.45, 2.75) is 19.9 Å². The van der Waals surface area contributed by atoms with Crippen LogP contribution in [0.3, 0.4) is 0 Å². The van der Waals surface area contributed by atoms with Crippen molar-refractivity contribution in [3.05, 3.63) is 37.1 Å². The van der Waals surface area contributed by atoms with Crippen molar-refractivity contribution in [2.24, 2.45) is 0 Å². The van der Waals surface area contributed by atoms with E-state index in [0.29, 0.717) is 13.1 Å². The molecule has 0 aliphatic carbocycles. The highest BCUT2D eigenvalue weighted by Gasteiger charge is 2.15. The second kappa shape index (κ2) is 8.17. The molecule has 1 N–H and O–H groups in total. The SMILES string of the molecule is C=CCN(CC=C)C(=O)/C(C#N)=C\NC(C)C. The number of rotatable bonds is 7. The van der Waals surface area contributed by atoms with E-state index in [1.807, 2.05) is 19.9 Å². The molecule has 0 aliphatic rings. The summed E-state index contributed by atoms with van der Waals surface area (Å²) in [5, 5.41) is 11.9. The zero-order chi connectivity index (χ0) is 13.3.